The Bertz CT molecular complexity index is 1470. The number of benzene rings is 1. The Kier molecular flexibility index (Phi) is 7.31. The van der Waals surface area contributed by atoms with Crippen LogP contribution in [-0.4, -0.2) is 95.0 Å². The Labute approximate surface area is 226 Å². The van der Waals surface area contributed by atoms with Gasteiger partial charge in [0.2, 0.25) is 0 Å². The van der Waals surface area contributed by atoms with Crippen molar-refractivity contribution in [2.24, 2.45) is 0 Å². The van der Waals surface area contributed by atoms with Gasteiger partial charge in [-0.25, -0.2) is 9.97 Å². The molecule has 200 valence electrons. The van der Waals surface area contributed by atoms with E-state index < -0.39 is 0 Å². The van der Waals surface area contributed by atoms with Crippen molar-refractivity contribution in [3.05, 3.63) is 78.4 Å². The number of anilines is 2. The molecule has 0 saturated carbocycles. The van der Waals surface area contributed by atoms with Crippen molar-refractivity contribution in [2.75, 3.05) is 64.5 Å². The maximum Gasteiger partial charge on any atom is 0.255 e. The Hall–Kier alpha value is -4.12. The van der Waals surface area contributed by atoms with Crippen LogP contribution in [0.1, 0.15) is 20.7 Å². The molecule has 0 bridgehead atoms. The molecule has 5 heterocycles. The lowest BCUT2D eigenvalue weighted by Crippen LogP contribution is -2.40. The second kappa shape index (κ2) is 11.3. The number of pyridine rings is 2. The fourth-order valence-electron chi connectivity index (χ4n) is 4.89. The molecule has 2 saturated heterocycles. The minimum absolute atomic E-state index is 0.0435. The van der Waals surface area contributed by atoms with Crippen LogP contribution in [0.2, 0.25) is 0 Å². The monoisotopic (exact) mass is 526 g/mol. The second-order valence-electron chi connectivity index (χ2n) is 9.65. The summed E-state index contributed by atoms with van der Waals surface area (Å²) in [6.45, 7) is 5.54. The number of carbonyl (C=O) groups excluding carboxylic acids is 2. The van der Waals surface area contributed by atoms with Gasteiger partial charge < -0.3 is 24.1 Å². The van der Waals surface area contributed by atoms with Crippen LogP contribution in [0.5, 0.6) is 0 Å². The molecule has 10 nitrogen and oxygen atoms in total. The van der Waals surface area contributed by atoms with Crippen LogP contribution in [0.3, 0.4) is 0 Å². The average molecular weight is 527 g/mol. The van der Waals surface area contributed by atoms with Gasteiger partial charge >= 0.3 is 0 Å². The first-order valence-corrected chi connectivity index (χ1v) is 13.1. The van der Waals surface area contributed by atoms with E-state index >= 15 is 0 Å². The fraction of sp³-hybridized carbons (Fsp3) is 0.310. The van der Waals surface area contributed by atoms with Crippen molar-refractivity contribution in [2.45, 2.75) is 0 Å². The zero-order valence-corrected chi connectivity index (χ0v) is 21.6. The highest BCUT2D eigenvalue weighted by molar-refractivity contribution is 5.99. The molecular formula is C29H30N6O4. The number of nitrogens with one attached hydrogen (secondary N) is 1. The largest absolute Gasteiger partial charge is 0.379 e. The van der Waals surface area contributed by atoms with Crippen molar-refractivity contribution in [1.82, 2.24) is 24.2 Å². The van der Waals surface area contributed by atoms with Gasteiger partial charge in [0, 0.05) is 62.1 Å². The van der Waals surface area contributed by atoms with Gasteiger partial charge in [0.1, 0.15) is 5.82 Å². The maximum absolute atomic E-state index is 13.0. The highest BCUT2D eigenvalue weighted by atomic mass is 16.5. The van der Waals surface area contributed by atoms with Crippen LogP contribution >= 0.6 is 0 Å². The molecule has 1 N–H and O–H groups in total. The van der Waals surface area contributed by atoms with Crippen molar-refractivity contribution in [3.8, 4) is 11.1 Å². The van der Waals surface area contributed by atoms with E-state index in [1.807, 2.05) is 47.1 Å². The minimum atomic E-state index is -0.0435. The van der Waals surface area contributed by atoms with Gasteiger partial charge in [-0.2, -0.15) is 0 Å². The van der Waals surface area contributed by atoms with Crippen LogP contribution in [0.25, 0.3) is 16.8 Å². The standard InChI is InChI=1S/C29H30N6O4/c36-26(20-33-8-12-38-13-9-33)22-3-1-2-21(16-22)24-17-25(28-30-6-7-35(28)19-24)32-27-5-4-23(18-31-27)29(37)34-10-14-39-15-11-34/h1-7,16-19H,8-15,20H2,(H,31,32). The normalized spacial score (nSPS) is 16.4. The number of ether oxygens (including phenoxy) is 2. The lowest BCUT2D eigenvalue weighted by molar-refractivity contribution is 0.0302. The van der Waals surface area contributed by atoms with Gasteiger partial charge in [-0.1, -0.05) is 18.2 Å². The van der Waals surface area contributed by atoms with Gasteiger partial charge in [-0.15, -0.1) is 0 Å². The van der Waals surface area contributed by atoms with Crippen LogP contribution in [-0.2, 0) is 9.47 Å². The first-order valence-electron chi connectivity index (χ1n) is 13.1. The number of nitrogens with zero attached hydrogens (tertiary/aromatic N) is 5. The summed E-state index contributed by atoms with van der Waals surface area (Å²) in [6, 6.07) is 13.3. The SMILES string of the molecule is O=C(CN1CCOCC1)c1cccc(-c2cc(Nc3ccc(C(=O)N4CCOCC4)cn3)c3nccn3c2)c1. The number of hydrogen-bond acceptors (Lipinski definition) is 8. The number of hydrogen-bond donors (Lipinski definition) is 1. The van der Waals surface area contributed by atoms with Crippen molar-refractivity contribution >= 4 is 28.8 Å². The van der Waals surface area contributed by atoms with Gasteiger partial charge in [-0.05, 0) is 29.8 Å². The van der Waals surface area contributed by atoms with Crippen molar-refractivity contribution in [1.29, 1.82) is 0 Å². The van der Waals surface area contributed by atoms with E-state index in [9.17, 15) is 9.59 Å². The van der Waals surface area contributed by atoms with Crippen molar-refractivity contribution < 1.29 is 19.1 Å². The van der Waals surface area contributed by atoms with Crippen LogP contribution in [0.15, 0.2) is 67.3 Å². The molecule has 6 rings (SSSR count). The molecule has 0 aliphatic carbocycles. The number of amides is 1. The van der Waals surface area contributed by atoms with E-state index in [-0.39, 0.29) is 11.7 Å². The summed E-state index contributed by atoms with van der Waals surface area (Å²) in [5, 5.41) is 3.36. The van der Waals surface area contributed by atoms with Gasteiger partial charge in [-0.3, -0.25) is 14.5 Å². The molecule has 0 spiro atoms. The third-order valence-electron chi connectivity index (χ3n) is 7.05. The highest BCUT2D eigenvalue weighted by Crippen LogP contribution is 2.28. The Morgan fingerprint density at radius 3 is 2.44 bits per heavy atom. The lowest BCUT2D eigenvalue weighted by Gasteiger charge is -2.26. The molecule has 0 atom stereocenters. The number of fused-ring (bicyclic) bond motifs is 1. The first kappa shape index (κ1) is 25.2. The maximum atomic E-state index is 13.0. The first-order chi connectivity index (χ1) is 19.1. The number of ketones is 1. The predicted octanol–water partition coefficient (Wildman–Crippen LogP) is 3.13. The Morgan fingerprint density at radius 2 is 1.67 bits per heavy atom. The summed E-state index contributed by atoms with van der Waals surface area (Å²) in [7, 11) is 0. The minimum Gasteiger partial charge on any atom is -0.379 e. The number of aromatic nitrogens is 3. The van der Waals surface area contributed by atoms with E-state index in [4.69, 9.17) is 9.47 Å². The van der Waals surface area contributed by atoms with E-state index in [0.717, 1.165) is 35.6 Å². The van der Waals surface area contributed by atoms with Gasteiger partial charge in [0.05, 0.1) is 44.2 Å². The number of morpholine rings is 2. The average Bonchev–Trinajstić information content (AvgIpc) is 3.48. The molecule has 1 aromatic carbocycles. The smallest absolute Gasteiger partial charge is 0.255 e. The topological polar surface area (TPSA) is 101 Å². The molecule has 2 aliphatic rings. The van der Waals surface area contributed by atoms with Crippen LogP contribution < -0.4 is 5.32 Å². The highest BCUT2D eigenvalue weighted by Gasteiger charge is 2.19. The molecule has 0 radical (unpaired) electrons. The third-order valence-corrected chi connectivity index (χ3v) is 7.05. The number of rotatable bonds is 7. The molecule has 10 heteroatoms. The molecule has 4 aromatic rings. The second-order valence-corrected chi connectivity index (χ2v) is 9.65. The van der Waals surface area contributed by atoms with E-state index in [1.54, 1.807) is 29.4 Å². The molecule has 39 heavy (non-hydrogen) atoms. The molecule has 2 fully saturated rings. The fourth-order valence-corrected chi connectivity index (χ4v) is 4.89. The van der Waals surface area contributed by atoms with Crippen LogP contribution in [0, 0.1) is 0 Å². The summed E-state index contributed by atoms with van der Waals surface area (Å²) in [6.07, 6.45) is 7.21. The predicted molar refractivity (Wildman–Crippen MR) is 146 cm³/mol. The van der Waals surface area contributed by atoms with Gasteiger partial charge in [0.15, 0.2) is 11.4 Å². The number of carbonyl (C=O) groups is 2. The van der Waals surface area contributed by atoms with Gasteiger partial charge in [0.25, 0.3) is 5.91 Å². The Balaban J connectivity index is 1.22. The third kappa shape index (κ3) is 5.68. The number of Topliss-reactive ketones (excluding diaryl/α,β-unsaturated/α-hetero) is 1. The molecule has 3 aromatic heterocycles. The molecule has 2 aliphatic heterocycles. The lowest BCUT2D eigenvalue weighted by atomic mass is 10.0. The number of imidazole rings is 1. The zero-order chi connectivity index (χ0) is 26.6. The van der Waals surface area contributed by atoms with Crippen molar-refractivity contribution in [3.63, 3.8) is 0 Å². The molecule has 0 unspecified atom stereocenters. The van der Waals surface area contributed by atoms with E-state index in [1.165, 1.54) is 0 Å². The summed E-state index contributed by atoms with van der Waals surface area (Å²) >= 11 is 0. The summed E-state index contributed by atoms with van der Waals surface area (Å²) in [5.41, 5.74) is 4.60. The summed E-state index contributed by atoms with van der Waals surface area (Å²) in [4.78, 5) is 38.7. The van der Waals surface area contributed by atoms with Crippen LogP contribution in [0.4, 0.5) is 11.5 Å². The van der Waals surface area contributed by atoms with E-state index in [2.05, 4.69) is 20.2 Å². The molecule has 1 amide bonds. The summed E-state index contributed by atoms with van der Waals surface area (Å²) < 4.78 is 12.7. The Morgan fingerprint density at radius 1 is 0.872 bits per heavy atom. The quantitative estimate of drug-likeness (QED) is 0.367. The summed E-state index contributed by atoms with van der Waals surface area (Å²) in [5.74, 6) is 0.653. The zero-order valence-electron chi connectivity index (χ0n) is 21.6. The molecular weight excluding hydrogens is 496 g/mol. The van der Waals surface area contributed by atoms with E-state index in [0.29, 0.717) is 63.0 Å².